The Morgan fingerprint density at radius 2 is 2.33 bits per heavy atom. The van der Waals surface area contributed by atoms with Gasteiger partial charge in [0.15, 0.2) is 0 Å². The van der Waals surface area contributed by atoms with E-state index in [-0.39, 0.29) is 5.56 Å². The van der Waals surface area contributed by atoms with Crippen LogP contribution in [0.1, 0.15) is 24.2 Å². The Balaban J connectivity index is 1.81. The van der Waals surface area contributed by atoms with Crippen molar-refractivity contribution in [2.75, 3.05) is 24.7 Å². The molecule has 1 unspecified atom stereocenters. The van der Waals surface area contributed by atoms with Crippen molar-refractivity contribution in [1.29, 1.82) is 0 Å². The maximum absolute atomic E-state index is 12.1. The van der Waals surface area contributed by atoms with Gasteiger partial charge < -0.3 is 14.6 Å². The zero-order chi connectivity index (χ0) is 14.4. The third kappa shape index (κ3) is 2.12. The van der Waals surface area contributed by atoms with Crippen LogP contribution in [0.25, 0.3) is 10.9 Å². The Hall–Kier alpha value is -1.88. The Kier molecular flexibility index (Phi) is 2.96. The van der Waals surface area contributed by atoms with Crippen molar-refractivity contribution in [3.05, 3.63) is 33.9 Å². The minimum Gasteiger partial charge on any atom is -0.379 e. The largest absolute Gasteiger partial charge is 0.379 e. The minimum absolute atomic E-state index is 0.0490. The molecule has 0 bridgehead atoms. The first kappa shape index (κ1) is 12.8. The van der Waals surface area contributed by atoms with Crippen molar-refractivity contribution in [2.45, 2.75) is 32.2 Å². The van der Waals surface area contributed by atoms with Crippen LogP contribution in [0.2, 0.25) is 0 Å². The molecule has 1 aromatic heterocycles. The summed E-state index contributed by atoms with van der Waals surface area (Å²) in [5.74, 6) is 0.669. The molecular formula is C16H19N3O2. The number of anilines is 1. The number of nitrogens with zero attached hydrogens (tertiary/aromatic N) is 2. The summed E-state index contributed by atoms with van der Waals surface area (Å²) < 4.78 is 5.61. The van der Waals surface area contributed by atoms with Crippen molar-refractivity contribution in [2.24, 2.45) is 0 Å². The normalized spacial score (nSPS) is 21.8. The summed E-state index contributed by atoms with van der Waals surface area (Å²) in [6.45, 7) is 4.49. The summed E-state index contributed by atoms with van der Waals surface area (Å²) in [6.07, 6.45) is 3.31. The van der Waals surface area contributed by atoms with Crippen LogP contribution in [-0.2, 0) is 11.2 Å². The highest BCUT2D eigenvalue weighted by Crippen LogP contribution is 2.33. The predicted octanol–water partition coefficient (Wildman–Crippen LogP) is 1.77. The Morgan fingerprint density at radius 3 is 3.14 bits per heavy atom. The molecule has 0 aliphatic carbocycles. The quantitative estimate of drug-likeness (QED) is 0.867. The van der Waals surface area contributed by atoms with Gasteiger partial charge in [-0.2, -0.15) is 0 Å². The second kappa shape index (κ2) is 4.84. The number of benzene rings is 1. The van der Waals surface area contributed by atoms with Crippen LogP contribution in [0.15, 0.2) is 16.9 Å². The van der Waals surface area contributed by atoms with Crippen molar-refractivity contribution in [3.8, 4) is 0 Å². The van der Waals surface area contributed by atoms with Crippen molar-refractivity contribution in [3.63, 3.8) is 0 Å². The lowest BCUT2D eigenvalue weighted by Gasteiger charge is -2.33. The van der Waals surface area contributed by atoms with E-state index in [1.807, 2.05) is 13.0 Å². The van der Waals surface area contributed by atoms with E-state index in [1.54, 1.807) is 0 Å². The highest BCUT2D eigenvalue weighted by molar-refractivity contribution is 5.84. The van der Waals surface area contributed by atoms with Crippen LogP contribution in [0, 0.1) is 6.92 Å². The first-order chi connectivity index (χ1) is 10.2. The molecule has 1 atom stereocenters. The number of aryl methyl sites for hydroxylation is 1. The number of rotatable bonds is 1. The molecular weight excluding hydrogens is 266 g/mol. The lowest BCUT2D eigenvalue weighted by Crippen LogP contribution is -2.40. The summed E-state index contributed by atoms with van der Waals surface area (Å²) >= 11 is 0. The molecule has 1 fully saturated rings. The van der Waals surface area contributed by atoms with Gasteiger partial charge in [-0.25, -0.2) is 4.98 Å². The van der Waals surface area contributed by atoms with Crippen molar-refractivity contribution >= 4 is 16.6 Å². The number of nitrogens with one attached hydrogen (secondary N) is 1. The Bertz CT molecular complexity index is 747. The van der Waals surface area contributed by atoms with Gasteiger partial charge in [0, 0.05) is 18.8 Å². The summed E-state index contributed by atoms with van der Waals surface area (Å²) in [6, 6.07) is 4.53. The van der Waals surface area contributed by atoms with Crippen molar-refractivity contribution in [1.82, 2.24) is 9.97 Å². The zero-order valence-corrected chi connectivity index (χ0v) is 12.2. The zero-order valence-electron chi connectivity index (χ0n) is 12.2. The third-order valence-electron chi connectivity index (χ3n) is 4.53. The lowest BCUT2D eigenvalue weighted by atomic mass is 10.1. The summed E-state index contributed by atoms with van der Waals surface area (Å²) in [5, 5.41) is 0.683. The molecule has 1 saturated heterocycles. The average molecular weight is 285 g/mol. The fraction of sp³-hybridized carbons (Fsp3) is 0.500. The third-order valence-corrected chi connectivity index (χ3v) is 4.53. The first-order valence-corrected chi connectivity index (χ1v) is 7.60. The number of H-pyrrole nitrogens is 1. The summed E-state index contributed by atoms with van der Waals surface area (Å²) in [4.78, 5) is 21.8. The number of aromatic nitrogens is 2. The molecule has 5 nitrogen and oxygen atoms in total. The predicted molar refractivity (Wildman–Crippen MR) is 82.0 cm³/mol. The molecule has 1 N–H and O–H groups in total. The van der Waals surface area contributed by atoms with E-state index in [0.29, 0.717) is 17.3 Å². The maximum atomic E-state index is 12.1. The van der Waals surface area contributed by atoms with E-state index < -0.39 is 0 Å². The molecule has 0 radical (unpaired) electrons. The molecule has 3 heterocycles. The van der Waals surface area contributed by atoms with Gasteiger partial charge in [0.05, 0.1) is 23.6 Å². The van der Waals surface area contributed by atoms with Gasteiger partial charge in [-0.05, 0) is 43.9 Å². The molecule has 2 aliphatic rings. The van der Waals surface area contributed by atoms with E-state index in [9.17, 15) is 4.79 Å². The number of hydrogen-bond acceptors (Lipinski definition) is 4. The summed E-state index contributed by atoms with van der Waals surface area (Å²) in [5.41, 5.74) is 3.24. The number of fused-ring (bicyclic) bond motifs is 2. The average Bonchev–Trinajstić information content (AvgIpc) is 2.89. The molecule has 0 amide bonds. The van der Waals surface area contributed by atoms with Crippen LogP contribution < -0.4 is 10.5 Å². The molecule has 5 heteroatoms. The van der Waals surface area contributed by atoms with Crippen LogP contribution in [0.5, 0.6) is 0 Å². The van der Waals surface area contributed by atoms with Gasteiger partial charge in [-0.1, -0.05) is 0 Å². The molecule has 2 aliphatic heterocycles. The van der Waals surface area contributed by atoms with E-state index in [4.69, 9.17) is 4.74 Å². The second-order valence-electron chi connectivity index (χ2n) is 5.96. The van der Waals surface area contributed by atoms with Gasteiger partial charge in [-0.15, -0.1) is 0 Å². The molecule has 0 saturated carbocycles. The fourth-order valence-electron chi connectivity index (χ4n) is 3.51. The molecule has 4 rings (SSSR count). The van der Waals surface area contributed by atoms with E-state index in [0.717, 1.165) is 38.1 Å². The highest BCUT2D eigenvalue weighted by Gasteiger charge is 2.28. The molecule has 1 aromatic carbocycles. The fourth-order valence-corrected chi connectivity index (χ4v) is 3.51. The topological polar surface area (TPSA) is 58.2 Å². The molecule has 0 spiro atoms. The smallest absolute Gasteiger partial charge is 0.258 e. The number of ether oxygens (including phenoxy) is 1. The molecule has 2 aromatic rings. The molecule has 21 heavy (non-hydrogen) atoms. The number of hydrogen-bond donors (Lipinski definition) is 1. The minimum atomic E-state index is -0.0490. The van der Waals surface area contributed by atoms with Crippen LogP contribution in [0.3, 0.4) is 0 Å². The number of aromatic amines is 1. The van der Waals surface area contributed by atoms with Crippen LogP contribution >= 0.6 is 0 Å². The SMILES string of the molecule is Cc1nc2cc3c(cc2c(=O)[nH]1)N(C1CCCOC1)CC3. The Labute approximate surface area is 122 Å². The van der Waals surface area contributed by atoms with E-state index in [2.05, 4.69) is 20.9 Å². The van der Waals surface area contributed by atoms with Gasteiger partial charge in [-0.3, -0.25) is 4.79 Å². The van der Waals surface area contributed by atoms with Crippen LogP contribution in [-0.4, -0.2) is 35.8 Å². The summed E-state index contributed by atoms with van der Waals surface area (Å²) in [7, 11) is 0. The van der Waals surface area contributed by atoms with E-state index >= 15 is 0 Å². The second-order valence-corrected chi connectivity index (χ2v) is 5.96. The maximum Gasteiger partial charge on any atom is 0.258 e. The highest BCUT2D eigenvalue weighted by atomic mass is 16.5. The van der Waals surface area contributed by atoms with Gasteiger partial charge in [0.2, 0.25) is 0 Å². The first-order valence-electron chi connectivity index (χ1n) is 7.60. The van der Waals surface area contributed by atoms with Crippen molar-refractivity contribution < 1.29 is 4.74 Å². The Morgan fingerprint density at radius 1 is 1.43 bits per heavy atom. The monoisotopic (exact) mass is 285 g/mol. The van der Waals surface area contributed by atoms with Crippen LogP contribution in [0.4, 0.5) is 5.69 Å². The lowest BCUT2D eigenvalue weighted by molar-refractivity contribution is 0.0798. The van der Waals surface area contributed by atoms with Gasteiger partial charge in [0.1, 0.15) is 5.82 Å². The molecule has 110 valence electrons. The van der Waals surface area contributed by atoms with Gasteiger partial charge in [0.25, 0.3) is 5.56 Å². The van der Waals surface area contributed by atoms with Gasteiger partial charge >= 0.3 is 0 Å². The van der Waals surface area contributed by atoms with E-state index in [1.165, 1.54) is 17.7 Å². The standard InChI is InChI=1S/C16H19N3O2/c1-10-17-14-7-11-4-5-19(12-3-2-6-21-9-12)15(11)8-13(14)16(20)18-10/h7-8,12H,2-6,9H2,1H3,(H,17,18,20).